The summed E-state index contributed by atoms with van der Waals surface area (Å²) in [5.74, 6) is -0.0336. The molecule has 2 aliphatic rings. The largest absolute Gasteiger partial charge is 0.378 e. The highest BCUT2D eigenvalue weighted by atomic mass is 16.5. The summed E-state index contributed by atoms with van der Waals surface area (Å²) in [6.07, 6.45) is 5.51. The van der Waals surface area contributed by atoms with Gasteiger partial charge >= 0.3 is 0 Å². The molecule has 2 aromatic rings. The molecule has 0 saturated carbocycles. The number of aromatic nitrogens is 2. The average molecular weight is 340 g/mol. The molecule has 0 radical (unpaired) electrons. The summed E-state index contributed by atoms with van der Waals surface area (Å²) in [6, 6.07) is 9.87. The zero-order chi connectivity index (χ0) is 17.1. The number of amides is 1. The predicted octanol–water partition coefficient (Wildman–Crippen LogP) is 2.06. The summed E-state index contributed by atoms with van der Waals surface area (Å²) in [7, 11) is 0. The van der Waals surface area contributed by atoms with E-state index in [1.54, 1.807) is 6.20 Å². The van der Waals surface area contributed by atoms with Crippen LogP contribution in [0.15, 0.2) is 36.5 Å². The molecule has 2 unspecified atom stereocenters. The van der Waals surface area contributed by atoms with Crippen molar-refractivity contribution in [2.45, 2.75) is 31.3 Å². The Hall–Kier alpha value is -2.18. The van der Waals surface area contributed by atoms with Gasteiger partial charge in [0.15, 0.2) is 0 Å². The van der Waals surface area contributed by atoms with E-state index < -0.39 is 0 Å². The number of carbonyl (C=O) groups is 1. The molecule has 2 atom stereocenters. The molecule has 1 aromatic carbocycles. The standard InChI is InChI=1S/C19H24N4O2/c24-19(15-6-4-14(5-7-15)16-8-9-20-22-16)21-17-12-25-13-18(17)23-10-2-1-3-11-23/h4-9,17-18H,1-3,10-13H2,(H,20,22)(H,21,24). The summed E-state index contributed by atoms with van der Waals surface area (Å²) in [5, 5.41) is 10.1. The lowest BCUT2D eigenvalue weighted by Gasteiger charge is -2.34. The van der Waals surface area contributed by atoms with E-state index in [4.69, 9.17) is 4.74 Å². The van der Waals surface area contributed by atoms with Gasteiger partial charge in [0.1, 0.15) is 0 Å². The van der Waals surface area contributed by atoms with E-state index in [0.717, 1.165) is 24.3 Å². The zero-order valence-corrected chi connectivity index (χ0v) is 14.3. The molecule has 2 aliphatic heterocycles. The van der Waals surface area contributed by atoms with Crippen LogP contribution in [0.2, 0.25) is 0 Å². The molecule has 1 amide bonds. The Morgan fingerprint density at radius 1 is 1.12 bits per heavy atom. The van der Waals surface area contributed by atoms with Crippen molar-refractivity contribution in [3.05, 3.63) is 42.1 Å². The first-order valence-corrected chi connectivity index (χ1v) is 9.04. The van der Waals surface area contributed by atoms with Crippen LogP contribution in [0.5, 0.6) is 0 Å². The lowest BCUT2D eigenvalue weighted by molar-refractivity contribution is 0.0900. The van der Waals surface area contributed by atoms with Gasteiger partial charge in [0, 0.05) is 11.8 Å². The third kappa shape index (κ3) is 3.60. The van der Waals surface area contributed by atoms with Gasteiger partial charge in [-0.2, -0.15) is 5.10 Å². The van der Waals surface area contributed by atoms with Crippen molar-refractivity contribution < 1.29 is 9.53 Å². The molecule has 0 aliphatic carbocycles. The fourth-order valence-corrected chi connectivity index (χ4v) is 3.76. The number of benzene rings is 1. The second kappa shape index (κ2) is 7.37. The molecule has 4 rings (SSSR count). The highest BCUT2D eigenvalue weighted by Gasteiger charge is 2.34. The Bertz CT molecular complexity index is 693. The van der Waals surface area contributed by atoms with Gasteiger partial charge in [-0.15, -0.1) is 0 Å². The summed E-state index contributed by atoms with van der Waals surface area (Å²) in [6.45, 7) is 3.53. The smallest absolute Gasteiger partial charge is 0.251 e. The van der Waals surface area contributed by atoms with Gasteiger partial charge in [-0.3, -0.25) is 14.8 Å². The molecule has 0 spiro atoms. The molecular formula is C19H24N4O2. The number of likely N-dealkylation sites (tertiary alicyclic amines) is 1. The first-order chi connectivity index (χ1) is 12.3. The number of hydrogen-bond donors (Lipinski definition) is 2. The fraction of sp³-hybridized carbons (Fsp3) is 0.474. The van der Waals surface area contributed by atoms with Crippen LogP contribution in [0.25, 0.3) is 11.3 Å². The minimum Gasteiger partial charge on any atom is -0.378 e. The van der Waals surface area contributed by atoms with Crippen LogP contribution in [-0.2, 0) is 4.74 Å². The molecule has 0 bridgehead atoms. The highest BCUT2D eigenvalue weighted by molar-refractivity contribution is 5.94. The molecule has 132 valence electrons. The molecule has 2 N–H and O–H groups in total. The van der Waals surface area contributed by atoms with E-state index in [-0.39, 0.29) is 11.9 Å². The molecule has 6 heteroatoms. The van der Waals surface area contributed by atoms with Gasteiger partial charge in [0.05, 0.1) is 31.0 Å². The Morgan fingerprint density at radius 2 is 1.92 bits per heavy atom. The summed E-state index contributed by atoms with van der Waals surface area (Å²) < 4.78 is 5.66. The number of ether oxygens (including phenoxy) is 1. The van der Waals surface area contributed by atoms with Crippen LogP contribution in [-0.4, -0.2) is 59.4 Å². The minimum absolute atomic E-state index is 0.0336. The Labute approximate surface area is 147 Å². The van der Waals surface area contributed by atoms with E-state index in [2.05, 4.69) is 20.4 Å². The minimum atomic E-state index is -0.0336. The average Bonchev–Trinajstić information content (AvgIpc) is 3.35. The number of H-pyrrole nitrogens is 1. The quantitative estimate of drug-likeness (QED) is 0.894. The molecule has 1 aromatic heterocycles. The Kier molecular flexibility index (Phi) is 4.81. The molecule has 3 heterocycles. The zero-order valence-electron chi connectivity index (χ0n) is 14.3. The van der Waals surface area contributed by atoms with Crippen molar-refractivity contribution in [2.75, 3.05) is 26.3 Å². The van der Waals surface area contributed by atoms with Crippen molar-refractivity contribution in [3.63, 3.8) is 0 Å². The topological polar surface area (TPSA) is 70.2 Å². The maximum Gasteiger partial charge on any atom is 0.251 e. The Morgan fingerprint density at radius 3 is 2.64 bits per heavy atom. The van der Waals surface area contributed by atoms with Crippen LogP contribution in [0.1, 0.15) is 29.6 Å². The van der Waals surface area contributed by atoms with Gasteiger partial charge in [0.25, 0.3) is 5.91 Å². The fourth-order valence-electron chi connectivity index (χ4n) is 3.76. The van der Waals surface area contributed by atoms with Gasteiger partial charge in [-0.05, 0) is 49.7 Å². The molecular weight excluding hydrogens is 316 g/mol. The van der Waals surface area contributed by atoms with Crippen molar-refractivity contribution in [3.8, 4) is 11.3 Å². The second-order valence-electron chi connectivity index (χ2n) is 6.83. The van der Waals surface area contributed by atoms with Gasteiger partial charge in [-0.1, -0.05) is 18.6 Å². The number of nitrogens with zero attached hydrogens (tertiary/aromatic N) is 2. The second-order valence-corrected chi connectivity index (χ2v) is 6.83. The van der Waals surface area contributed by atoms with E-state index >= 15 is 0 Å². The van der Waals surface area contributed by atoms with E-state index in [1.165, 1.54) is 19.3 Å². The third-order valence-corrected chi connectivity index (χ3v) is 5.19. The normalized spacial score (nSPS) is 24.3. The number of piperidine rings is 1. The lowest BCUT2D eigenvalue weighted by Crippen LogP contribution is -2.52. The maximum absolute atomic E-state index is 12.6. The molecule has 2 fully saturated rings. The number of rotatable bonds is 4. The van der Waals surface area contributed by atoms with Crippen LogP contribution < -0.4 is 5.32 Å². The maximum atomic E-state index is 12.6. The predicted molar refractivity (Wildman–Crippen MR) is 95.3 cm³/mol. The van der Waals surface area contributed by atoms with Gasteiger partial charge in [-0.25, -0.2) is 0 Å². The van der Waals surface area contributed by atoms with Crippen molar-refractivity contribution >= 4 is 5.91 Å². The number of aromatic amines is 1. The van der Waals surface area contributed by atoms with E-state index in [0.29, 0.717) is 24.8 Å². The molecule has 2 saturated heterocycles. The van der Waals surface area contributed by atoms with E-state index in [1.807, 2.05) is 30.3 Å². The first kappa shape index (κ1) is 16.3. The van der Waals surface area contributed by atoms with Gasteiger partial charge in [0.2, 0.25) is 0 Å². The van der Waals surface area contributed by atoms with Crippen LogP contribution in [0, 0.1) is 0 Å². The lowest BCUT2D eigenvalue weighted by atomic mass is 10.0. The van der Waals surface area contributed by atoms with Crippen molar-refractivity contribution in [1.82, 2.24) is 20.4 Å². The highest BCUT2D eigenvalue weighted by Crippen LogP contribution is 2.20. The summed E-state index contributed by atoms with van der Waals surface area (Å²) in [5.41, 5.74) is 2.64. The van der Waals surface area contributed by atoms with Crippen LogP contribution >= 0.6 is 0 Å². The summed E-state index contributed by atoms with van der Waals surface area (Å²) in [4.78, 5) is 15.1. The third-order valence-electron chi connectivity index (χ3n) is 5.19. The number of nitrogens with one attached hydrogen (secondary N) is 2. The number of carbonyl (C=O) groups excluding carboxylic acids is 1. The van der Waals surface area contributed by atoms with Gasteiger partial charge < -0.3 is 10.1 Å². The van der Waals surface area contributed by atoms with Crippen LogP contribution in [0.3, 0.4) is 0 Å². The molecule has 25 heavy (non-hydrogen) atoms. The molecule has 6 nitrogen and oxygen atoms in total. The monoisotopic (exact) mass is 340 g/mol. The SMILES string of the molecule is O=C(NC1COCC1N1CCCCC1)c1ccc(-c2ccn[nH]2)cc1. The first-order valence-electron chi connectivity index (χ1n) is 9.04. The van der Waals surface area contributed by atoms with Crippen molar-refractivity contribution in [2.24, 2.45) is 0 Å². The van der Waals surface area contributed by atoms with Crippen LogP contribution in [0.4, 0.5) is 0 Å². The van der Waals surface area contributed by atoms with Crippen molar-refractivity contribution in [1.29, 1.82) is 0 Å². The van der Waals surface area contributed by atoms with E-state index in [9.17, 15) is 4.79 Å². The summed E-state index contributed by atoms with van der Waals surface area (Å²) >= 11 is 0. The Balaban J connectivity index is 1.40. The number of hydrogen-bond acceptors (Lipinski definition) is 4.